The average molecular weight is 230 g/mol. The summed E-state index contributed by atoms with van der Waals surface area (Å²) in [5.41, 5.74) is 8.70. The van der Waals surface area contributed by atoms with Crippen molar-refractivity contribution in [2.45, 2.75) is 6.54 Å². The Morgan fingerprint density at radius 3 is 3.24 bits per heavy atom. The molecule has 3 rings (SSSR count). The number of H-pyrrole nitrogens is 1. The van der Waals surface area contributed by atoms with Gasteiger partial charge in [0.2, 0.25) is 0 Å². The summed E-state index contributed by atoms with van der Waals surface area (Å²) in [5, 5.41) is 0. The Hall–Kier alpha value is -2.17. The monoisotopic (exact) mass is 230 g/mol. The van der Waals surface area contributed by atoms with Crippen LogP contribution in [0.25, 0.3) is 0 Å². The minimum Gasteiger partial charge on any atom is -0.490 e. The van der Waals surface area contributed by atoms with Gasteiger partial charge >= 0.3 is 0 Å². The number of ether oxygens (including phenoxy) is 1. The van der Waals surface area contributed by atoms with Crippen LogP contribution in [0.5, 0.6) is 5.75 Å². The Morgan fingerprint density at radius 2 is 2.41 bits per heavy atom. The number of fused-ring (bicyclic) bond motifs is 1. The summed E-state index contributed by atoms with van der Waals surface area (Å²) in [4.78, 5) is 9.37. The molecule has 0 atom stereocenters. The van der Waals surface area contributed by atoms with E-state index in [1.165, 1.54) is 0 Å². The summed E-state index contributed by atoms with van der Waals surface area (Å²) in [6, 6.07) is 5.73. The third-order valence-electron chi connectivity index (χ3n) is 2.86. The molecular weight excluding hydrogens is 216 g/mol. The molecule has 2 heterocycles. The Labute approximate surface area is 99.2 Å². The number of hydrogen-bond donors (Lipinski definition) is 2. The molecule has 0 unspecified atom stereocenters. The molecular formula is C12H14N4O. The number of aromatic amines is 1. The molecule has 0 amide bonds. The first-order valence-corrected chi connectivity index (χ1v) is 5.57. The van der Waals surface area contributed by atoms with Gasteiger partial charge in [0.05, 0.1) is 30.8 Å². The number of rotatable bonds is 2. The lowest BCUT2D eigenvalue weighted by atomic mass is 10.2. The van der Waals surface area contributed by atoms with Crippen LogP contribution < -0.4 is 15.4 Å². The highest BCUT2D eigenvalue weighted by molar-refractivity contribution is 5.66. The molecule has 17 heavy (non-hydrogen) atoms. The van der Waals surface area contributed by atoms with E-state index in [1.807, 2.05) is 24.4 Å². The molecule has 1 aliphatic heterocycles. The highest BCUT2D eigenvalue weighted by atomic mass is 16.5. The van der Waals surface area contributed by atoms with Crippen molar-refractivity contribution in [2.75, 3.05) is 23.8 Å². The maximum atomic E-state index is 5.82. The predicted molar refractivity (Wildman–Crippen MR) is 66.0 cm³/mol. The quantitative estimate of drug-likeness (QED) is 0.765. The first-order chi connectivity index (χ1) is 8.33. The summed E-state index contributed by atoms with van der Waals surface area (Å²) in [6.07, 6.45) is 3.53. The minimum absolute atomic E-state index is 0.699. The van der Waals surface area contributed by atoms with E-state index < -0.39 is 0 Å². The summed E-state index contributed by atoms with van der Waals surface area (Å²) >= 11 is 0. The van der Waals surface area contributed by atoms with Crippen molar-refractivity contribution < 1.29 is 4.74 Å². The smallest absolute Gasteiger partial charge is 0.142 e. The summed E-state index contributed by atoms with van der Waals surface area (Å²) in [5.74, 6) is 0.893. The largest absolute Gasteiger partial charge is 0.490 e. The van der Waals surface area contributed by atoms with Crippen molar-refractivity contribution in [3.8, 4) is 5.75 Å². The summed E-state index contributed by atoms with van der Waals surface area (Å²) < 4.78 is 5.60. The molecule has 0 radical (unpaired) electrons. The lowest BCUT2D eigenvalue weighted by Crippen LogP contribution is -2.32. The molecule has 0 saturated heterocycles. The molecule has 0 saturated carbocycles. The highest BCUT2D eigenvalue weighted by Gasteiger charge is 2.18. The number of nitrogen functional groups attached to an aromatic ring is 1. The van der Waals surface area contributed by atoms with Crippen LogP contribution in [0, 0.1) is 0 Å². The van der Waals surface area contributed by atoms with Crippen LogP contribution in [0.15, 0.2) is 30.7 Å². The van der Waals surface area contributed by atoms with Crippen LogP contribution in [0.1, 0.15) is 5.69 Å². The second-order valence-electron chi connectivity index (χ2n) is 4.07. The van der Waals surface area contributed by atoms with Crippen molar-refractivity contribution in [1.82, 2.24) is 9.97 Å². The van der Waals surface area contributed by atoms with E-state index in [9.17, 15) is 0 Å². The zero-order valence-corrected chi connectivity index (χ0v) is 9.39. The van der Waals surface area contributed by atoms with E-state index >= 15 is 0 Å². The maximum absolute atomic E-state index is 5.82. The average Bonchev–Trinajstić information content (AvgIpc) is 2.83. The van der Waals surface area contributed by atoms with Crippen LogP contribution in [0.4, 0.5) is 11.4 Å². The number of imidazole rings is 1. The van der Waals surface area contributed by atoms with Crippen LogP contribution >= 0.6 is 0 Å². The number of hydrogen-bond acceptors (Lipinski definition) is 4. The highest BCUT2D eigenvalue weighted by Crippen LogP contribution is 2.33. The van der Waals surface area contributed by atoms with Gasteiger partial charge in [0.25, 0.3) is 0 Å². The van der Waals surface area contributed by atoms with Crippen LogP contribution in [0.2, 0.25) is 0 Å². The normalized spacial score (nSPS) is 14.2. The zero-order valence-electron chi connectivity index (χ0n) is 9.39. The Balaban J connectivity index is 1.90. The van der Waals surface area contributed by atoms with E-state index in [1.54, 1.807) is 6.33 Å². The topological polar surface area (TPSA) is 67.2 Å². The number of nitrogens with one attached hydrogen (secondary N) is 1. The van der Waals surface area contributed by atoms with Gasteiger partial charge in [-0.1, -0.05) is 0 Å². The van der Waals surface area contributed by atoms with Gasteiger partial charge in [-0.05, 0) is 18.2 Å². The number of nitrogens with two attached hydrogens (primary N) is 1. The lowest BCUT2D eigenvalue weighted by molar-refractivity contribution is 0.307. The molecule has 2 aromatic rings. The number of anilines is 2. The standard InChI is InChI=1S/C12H14N4O/c13-9-1-2-12-11(5-9)16(3-4-17-12)7-10-6-14-8-15-10/h1-2,5-6,8H,3-4,7,13H2,(H,14,15). The maximum Gasteiger partial charge on any atom is 0.142 e. The third kappa shape index (κ3) is 1.91. The molecule has 5 heteroatoms. The molecule has 88 valence electrons. The van der Waals surface area contributed by atoms with Crippen LogP contribution in [-0.2, 0) is 6.54 Å². The van der Waals surface area contributed by atoms with Gasteiger partial charge in [-0.25, -0.2) is 4.98 Å². The number of aromatic nitrogens is 2. The minimum atomic E-state index is 0.699. The summed E-state index contributed by atoms with van der Waals surface area (Å²) in [7, 11) is 0. The summed E-state index contributed by atoms with van der Waals surface area (Å²) in [6.45, 7) is 2.35. The zero-order chi connectivity index (χ0) is 11.7. The Morgan fingerprint density at radius 1 is 1.47 bits per heavy atom. The molecule has 0 bridgehead atoms. The molecule has 1 aliphatic rings. The van der Waals surface area contributed by atoms with Gasteiger partial charge in [-0.15, -0.1) is 0 Å². The Kier molecular flexibility index (Phi) is 2.36. The fourth-order valence-corrected chi connectivity index (χ4v) is 2.03. The van der Waals surface area contributed by atoms with E-state index in [0.29, 0.717) is 6.61 Å². The van der Waals surface area contributed by atoms with Gasteiger partial charge in [0, 0.05) is 11.9 Å². The second kappa shape index (κ2) is 4.01. The van der Waals surface area contributed by atoms with Gasteiger partial charge in [0.15, 0.2) is 0 Å². The lowest BCUT2D eigenvalue weighted by Gasteiger charge is -2.31. The fourth-order valence-electron chi connectivity index (χ4n) is 2.03. The Bertz CT molecular complexity index is 509. The van der Waals surface area contributed by atoms with Crippen LogP contribution in [0.3, 0.4) is 0 Å². The van der Waals surface area contributed by atoms with Gasteiger partial charge in [0.1, 0.15) is 12.4 Å². The first kappa shape index (κ1) is 10.0. The first-order valence-electron chi connectivity index (χ1n) is 5.57. The molecule has 5 nitrogen and oxygen atoms in total. The molecule has 0 spiro atoms. The van der Waals surface area contributed by atoms with Crippen molar-refractivity contribution in [3.05, 3.63) is 36.4 Å². The van der Waals surface area contributed by atoms with Gasteiger partial charge in [-0.3, -0.25) is 0 Å². The fraction of sp³-hybridized carbons (Fsp3) is 0.250. The van der Waals surface area contributed by atoms with E-state index in [0.717, 1.165) is 35.9 Å². The third-order valence-corrected chi connectivity index (χ3v) is 2.86. The van der Waals surface area contributed by atoms with Crippen molar-refractivity contribution >= 4 is 11.4 Å². The predicted octanol–water partition coefficient (Wildman–Crippen LogP) is 1.39. The molecule has 0 aliphatic carbocycles. The van der Waals surface area contributed by atoms with E-state index in [2.05, 4.69) is 14.9 Å². The van der Waals surface area contributed by atoms with Gasteiger partial charge in [-0.2, -0.15) is 0 Å². The van der Waals surface area contributed by atoms with E-state index in [-0.39, 0.29) is 0 Å². The van der Waals surface area contributed by atoms with Crippen molar-refractivity contribution in [3.63, 3.8) is 0 Å². The number of benzene rings is 1. The van der Waals surface area contributed by atoms with Gasteiger partial charge < -0.3 is 20.4 Å². The SMILES string of the molecule is Nc1ccc2c(c1)N(Cc1cnc[nH]1)CCO2. The molecule has 0 fully saturated rings. The molecule has 3 N–H and O–H groups in total. The van der Waals surface area contributed by atoms with Crippen molar-refractivity contribution in [1.29, 1.82) is 0 Å². The van der Waals surface area contributed by atoms with Crippen LogP contribution in [-0.4, -0.2) is 23.1 Å². The van der Waals surface area contributed by atoms with E-state index in [4.69, 9.17) is 10.5 Å². The van der Waals surface area contributed by atoms with Crippen molar-refractivity contribution in [2.24, 2.45) is 0 Å². The number of nitrogens with zero attached hydrogens (tertiary/aromatic N) is 2. The molecule has 1 aromatic heterocycles. The second-order valence-corrected chi connectivity index (χ2v) is 4.07. The molecule has 1 aromatic carbocycles.